The number of aromatic nitrogens is 1. The summed E-state index contributed by atoms with van der Waals surface area (Å²) in [4.78, 5) is 17.3. The molecule has 0 atom stereocenters. The van der Waals surface area contributed by atoms with E-state index in [0.29, 0.717) is 16.6 Å². The highest BCUT2D eigenvalue weighted by atomic mass is 35.5. The van der Waals surface area contributed by atoms with Crippen LogP contribution in [-0.4, -0.2) is 10.9 Å². The van der Waals surface area contributed by atoms with Crippen molar-refractivity contribution in [2.24, 2.45) is 23.2 Å². The summed E-state index contributed by atoms with van der Waals surface area (Å²) in [5, 5.41) is 6.47. The van der Waals surface area contributed by atoms with Crippen molar-refractivity contribution in [1.82, 2.24) is 4.98 Å². The van der Waals surface area contributed by atoms with E-state index in [1.807, 2.05) is 29.6 Å². The smallest absolute Gasteiger partial charge is 0.226 e. The average Bonchev–Trinajstić information content (AvgIpc) is 3.02. The Morgan fingerprint density at radius 3 is 2.35 bits per heavy atom. The van der Waals surface area contributed by atoms with Crippen molar-refractivity contribution < 1.29 is 4.79 Å². The summed E-state index contributed by atoms with van der Waals surface area (Å²) in [6.45, 7) is 0. The molecule has 5 heteroatoms. The normalized spacial score (nSPS) is 32.0. The number of halogens is 1. The van der Waals surface area contributed by atoms with E-state index < -0.39 is 0 Å². The second-order valence-electron chi connectivity index (χ2n) is 8.69. The van der Waals surface area contributed by atoms with Crippen molar-refractivity contribution in [3.63, 3.8) is 0 Å². The van der Waals surface area contributed by atoms with Gasteiger partial charge in [0.05, 0.1) is 5.69 Å². The Morgan fingerprint density at radius 1 is 1.12 bits per heavy atom. The van der Waals surface area contributed by atoms with Crippen LogP contribution in [0.1, 0.15) is 44.9 Å². The molecular formula is C21H23ClN2OS. The molecule has 0 saturated heterocycles. The standard InChI is InChI=1S/C21H23ClN2OS/c22-17-3-1-16(2-4-17)18-12-26-20(23-18)24-19(25)11-21-8-13-5-14(9-21)7-15(6-13)10-21/h1-4,12-15H,5-11H2,(H,23,24,25). The zero-order chi connectivity index (χ0) is 17.7. The maximum absolute atomic E-state index is 12.7. The lowest BCUT2D eigenvalue weighted by molar-refractivity contribution is -0.124. The number of anilines is 1. The number of thiazole rings is 1. The number of amides is 1. The number of hydrogen-bond acceptors (Lipinski definition) is 3. The second kappa shape index (κ2) is 6.35. The molecule has 3 nitrogen and oxygen atoms in total. The van der Waals surface area contributed by atoms with E-state index in [-0.39, 0.29) is 11.3 Å². The van der Waals surface area contributed by atoms with E-state index in [4.69, 9.17) is 11.6 Å². The second-order valence-corrected chi connectivity index (χ2v) is 9.98. The molecule has 0 unspecified atom stereocenters. The molecule has 26 heavy (non-hydrogen) atoms. The van der Waals surface area contributed by atoms with Crippen LogP contribution in [-0.2, 0) is 4.79 Å². The molecule has 6 rings (SSSR count). The maximum Gasteiger partial charge on any atom is 0.226 e. The summed E-state index contributed by atoms with van der Waals surface area (Å²) in [7, 11) is 0. The Hall–Kier alpha value is -1.39. The molecule has 0 aliphatic heterocycles. The predicted octanol–water partition coefficient (Wildman–Crippen LogP) is 6.01. The Balaban J connectivity index is 1.26. The van der Waals surface area contributed by atoms with Gasteiger partial charge in [0.25, 0.3) is 0 Å². The summed E-state index contributed by atoms with van der Waals surface area (Å²) < 4.78 is 0. The van der Waals surface area contributed by atoms with Gasteiger partial charge in [0.1, 0.15) is 0 Å². The van der Waals surface area contributed by atoms with Gasteiger partial charge in [-0.1, -0.05) is 23.7 Å². The molecule has 1 heterocycles. The molecule has 0 radical (unpaired) electrons. The quantitative estimate of drug-likeness (QED) is 0.699. The first-order valence-corrected chi connectivity index (χ1v) is 10.8. The number of carbonyl (C=O) groups excluding carboxylic acids is 1. The fourth-order valence-electron chi connectivity index (χ4n) is 6.09. The van der Waals surface area contributed by atoms with E-state index >= 15 is 0 Å². The summed E-state index contributed by atoms with van der Waals surface area (Å²) in [6, 6.07) is 7.64. The zero-order valence-corrected chi connectivity index (χ0v) is 16.3. The fraction of sp³-hybridized carbons (Fsp3) is 0.524. The number of nitrogens with zero attached hydrogens (tertiary/aromatic N) is 1. The molecule has 4 aliphatic rings. The summed E-state index contributed by atoms with van der Waals surface area (Å²) in [5.74, 6) is 2.78. The Labute approximate surface area is 163 Å². The lowest BCUT2D eigenvalue weighted by Crippen LogP contribution is -2.47. The fourth-order valence-corrected chi connectivity index (χ4v) is 6.96. The first kappa shape index (κ1) is 16.8. The molecule has 1 aromatic carbocycles. The largest absolute Gasteiger partial charge is 0.302 e. The third kappa shape index (κ3) is 3.18. The number of carbonyl (C=O) groups is 1. The highest BCUT2D eigenvalue weighted by Crippen LogP contribution is 2.61. The SMILES string of the molecule is O=C(CC12CC3CC(CC(C3)C1)C2)Nc1nc(-c2ccc(Cl)cc2)cs1. The van der Waals surface area contributed by atoms with Gasteiger partial charge in [-0.05, 0) is 73.8 Å². The van der Waals surface area contributed by atoms with Gasteiger partial charge >= 0.3 is 0 Å². The van der Waals surface area contributed by atoms with Crippen LogP contribution in [0.25, 0.3) is 11.3 Å². The van der Waals surface area contributed by atoms with Crippen molar-refractivity contribution >= 4 is 34.0 Å². The van der Waals surface area contributed by atoms with Crippen LogP contribution in [0.2, 0.25) is 5.02 Å². The molecule has 4 saturated carbocycles. The zero-order valence-electron chi connectivity index (χ0n) is 14.7. The Morgan fingerprint density at radius 2 is 1.73 bits per heavy atom. The number of rotatable bonds is 4. The molecule has 1 N–H and O–H groups in total. The molecule has 4 bridgehead atoms. The van der Waals surface area contributed by atoms with Crippen LogP contribution in [0.3, 0.4) is 0 Å². The van der Waals surface area contributed by atoms with Gasteiger partial charge in [-0.2, -0.15) is 0 Å². The molecule has 1 aromatic heterocycles. The monoisotopic (exact) mass is 386 g/mol. The first-order valence-electron chi connectivity index (χ1n) is 9.58. The van der Waals surface area contributed by atoms with Crippen molar-refractivity contribution in [2.75, 3.05) is 5.32 Å². The van der Waals surface area contributed by atoms with Crippen LogP contribution in [0.5, 0.6) is 0 Å². The Kier molecular flexibility index (Phi) is 4.09. The number of benzene rings is 1. The summed E-state index contributed by atoms with van der Waals surface area (Å²) in [6.07, 6.45) is 8.71. The van der Waals surface area contributed by atoms with Gasteiger partial charge < -0.3 is 5.32 Å². The van der Waals surface area contributed by atoms with Crippen LogP contribution in [0, 0.1) is 23.2 Å². The maximum atomic E-state index is 12.7. The molecule has 2 aromatic rings. The molecule has 136 valence electrons. The van der Waals surface area contributed by atoms with Crippen molar-refractivity contribution in [3.05, 3.63) is 34.7 Å². The molecule has 0 spiro atoms. The summed E-state index contributed by atoms with van der Waals surface area (Å²) in [5.41, 5.74) is 2.18. The minimum atomic E-state index is 0.143. The number of hydrogen-bond donors (Lipinski definition) is 1. The molecule has 4 fully saturated rings. The van der Waals surface area contributed by atoms with E-state index in [0.717, 1.165) is 29.0 Å². The van der Waals surface area contributed by atoms with Crippen LogP contribution < -0.4 is 5.32 Å². The van der Waals surface area contributed by atoms with Gasteiger partial charge in [-0.25, -0.2) is 4.98 Å². The predicted molar refractivity (Wildman–Crippen MR) is 106 cm³/mol. The minimum absolute atomic E-state index is 0.143. The van der Waals surface area contributed by atoms with Gasteiger partial charge in [0.15, 0.2) is 5.13 Å². The van der Waals surface area contributed by atoms with E-state index in [1.165, 1.54) is 49.9 Å². The van der Waals surface area contributed by atoms with E-state index in [2.05, 4.69) is 10.3 Å². The van der Waals surface area contributed by atoms with Crippen molar-refractivity contribution in [1.29, 1.82) is 0 Å². The highest BCUT2D eigenvalue weighted by Gasteiger charge is 2.51. The first-order chi connectivity index (χ1) is 12.6. The Bertz CT molecular complexity index is 794. The van der Waals surface area contributed by atoms with Crippen molar-refractivity contribution in [3.8, 4) is 11.3 Å². The van der Waals surface area contributed by atoms with Crippen LogP contribution in [0.4, 0.5) is 5.13 Å². The third-order valence-corrected chi connectivity index (χ3v) is 7.60. The minimum Gasteiger partial charge on any atom is -0.302 e. The van der Waals surface area contributed by atoms with E-state index in [1.54, 1.807) is 0 Å². The average molecular weight is 387 g/mol. The van der Waals surface area contributed by atoms with Crippen LogP contribution >= 0.6 is 22.9 Å². The van der Waals surface area contributed by atoms with Gasteiger partial charge in [0.2, 0.25) is 5.91 Å². The van der Waals surface area contributed by atoms with Crippen molar-refractivity contribution in [2.45, 2.75) is 44.9 Å². The van der Waals surface area contributed by atoms with Gasteiger partial charge in [0, 0.05) is 22.4 Å². The lowest BCUT2D eigenvalue weighted by Gasteiger charge is -2.56. The molecular weight excluding hydrogens is 364 g/mol. The van der Waals surface area contributed by atoms with E-state index in [9.17, 15) is 4.79 Å². The van der Waals surface area contributed by atoms with Gasteiger partial charge in [-0.3, -0.25) is 4.79 Å². The molecule has 1 amide bonds. The number of nitrogens with one attached hydrogen (secondary N) is 1. The van der Waals surface area contributed by atoms with Gasteiger partial charge in [-0.15, -0.1) is 11.3 Å². The lowest BCUT2D eigenvalue weighted by atomic mass is 9.49. The summed E-state index contributed by atoms with van der Waals surface area (Å²) >= 11 is 7.44. The third-order valence-electron chi connectivity index (χ3n) is 6.59. The highest BCUT2D eigenvalue weighted by molar-refractivity contribution is 7.14. The molecule has 4 aliphatic carbocycles. The van der Waals surface area contributed by atoms with Crippen LogP contribution in [0.15, 0.2) is 29.6 Å². The topological polar surface area (TPSA) is 42.0 Å².